The van der Waals surface area contributed by atoms with Crippen molar-refractivity contribution in [3.05, 3.63) is 24.0 Å². The second-order valence-corrected chi connectivity index (χ2v) is 14.0. The van der Waals surface area contributed by atoms with E-state index in [4.69, 9.17) is 4.74 Å². The summed E-state index contributed by atoms with van der Waals surface area (Å²) in [5, 5.41) is 0. The van der Waals surface area contributed by atoms with Gasteiger partial charge in [0.15, 0.2) is 8.24 Å². The molecule has 0 spiro atoms. The molecule has 0 unspecified atom stereocenters. The van der Waals surface area contributed by atoms with Gasteiger partial charge in [0.05, 0.1) is 12.2 Å². The van der Waals surface area contributed by atoms with Gasteiger partial charge in [0.2, 0.25) is 0 Å². The summed E-state index contributed by atoms with van der Waals surface area (Å²) in [7, 11) is -1.86. The molecule has 0 fully saturated rings. The van der Waals surface area contributed by atoms with Crippen molar-refractivity contribution >= 4 is 14.2 Å². The average molecular weight is 366 g/mol. The number of hydrogen-bond donors (Lipinski definition) is 0. The lowest BCUT2D eigenvalue weighted by molar-refractivity contribution is -0.139. The van der Waals surface area contributed by atoms with Crippen molar-refractivity contribution in [1.29, 1.82) is 0 Å². The lowest BCUT2D eigenvalue weighted by Crippen LogP contribution is -2.57. The highest BCUT2D eigenvalue weighted by molar-refractivity contribution is 6.81. The summed E-state index contributed by atoms with van der Waals surface area (Å²) < 4.78 is 7.88. The lowest BCUT2D eigenvalue weighted by atomic mass is 9.74. The van der Waals surface area contributed by atoms with Crippen LogP contribution in [0.15, 0.2) is 24.0 Å². The van der Waals surface area contributed by atoms with E-state index in [1.807, 2.05) is 6.92 Å². The SMILES string of the molecule is CCOC(=O)C1=CN([Si](C(C)C)(C(C)C)C(C)C)C=CC1(CC)CC. The first-order valence-electron chi connectivity index (χ1n) is 10.0. The van der Waals surface area contributed by atoms with E-state index in [1.165, 1.54) is 0 Å². The number of nitrogens with zero attached hydrogens (tertiary/aromatic N) is 1. The highest BCUT2D eigenvalue weighted by Gasteiger charge is 2.49. The topological polar surface area (TPSA) is 29.5 Å². The van der Waals surface area contributed by atoms with Gasteiger partial charge < -0.3 is 9.30 Å². The largest absolute Gasteiger partial charge is 0.463 e. The molecule has 0 radical (unpaired) electrons. The molecule has 0 aromatic carbocycles. The van der Waals surface area contributed by atoms with E-state index in [9.17, 15) is 4.79 Å². The number of hydrogen-bond acceptors (Lipinski definition) is 3. The van der Waals surface area contributed by atoms with E-state index in [1.54, 1.807) is 0 Å². The summed E-state index contributed by atoms with van der Waals surface area (Å²) in [4.78, 5) is 12.8. The third-order valence-corrected chi connectivity index (χ3v) is 13.1. The third-order valence-electron chi connectivity index (χ3n) is 6.34. The minimum absolute atomic E-state index is 0.153. The van der Waals surface area contributed by atoms with E-state index in [2.05, 4.69) is 78.4 Å². The van der Waals surface area contributed by atoms with Gasteiger partial charge >= 0.3 is 5.97 Å². The number of ether oxygens (including phenoxy) is 1. The fourth-order valence-electron chi connectivity index (χ4n) is 5.09. The van der Waals surface area contributed by atoms with Crippen LogP contribution in [0.3, 0.4) is 0 Å². The summed E-state index contributed by atoms with van der Waals surface area (Å²) in [5.74, 6) is -0.153. The van der Waals surface area contributed by atoms with Crippen LogP contribution >= 0.6 is 0 Å². The van der Waals surface area contributed by atoms with Crippen LogP contribution in [0, 0.1) is 5.41 Å². The summed E-state index contributed by atoms with van der Waals surface area (Å²) >= 11 is 0. The van der Waals surface area contributed by atoms with Crippen molar-refractivity contribution in [2.45, 2.75) is 91.8 Å². The standard InChI is InChI=1S/C21H39NO2Si/c1-10-21(11-2)13-14-22(15-19(21)20(23)24-12-3)25(16(4)5,17(6)7)18(8)9/h13-18H,10-12H2,1-9H3. The molecule has 0 aliphatic carbocycles. The Kier molecular flexibility index (Phi) is 7.54. The van der Waals surface area contributed by atoms with Gasteiger partial charge in [0.25, 0.3) is 0 Å². The van der Waals surface area contributed by atoms with Gasteiger partial charge in [-0.1, -0.05) is 61.5 Å². The molecule has 1 rings (SSSR count). The number of carbonyl (C=O) groups is 1. The van der Waals surface area contributed by atoms with Crippen molar-refractivity contribution in [1.82, 2.24) is 4.57 Å². The number of carbonyl (C=O) groups excluding carboxylic acids is 1. The van der Waals surface area contributed by atoms with Gasteiger partial charge in [0, 0.05) is 11.6 Å². The van der Waals surface area contributed by atoms with Crippen LogP contribution in [0.4, 0.5) is 0 Å². The molecule has 0 amide bonds. The molecule has 0 saturated carbocycles. The second kappa shape index (κ2) is 8.57. The highest BCUT2D eigenvalue weighted by atomic mass is 28.3. The van der Waals surface area contributed by atoms with E-state index in [0.29, 0.717) is 23.2 Å². The van der Waals surface area contributed by atoms with Gasteiger partial charge in [-0.2, -0.15) is 0 Å². The normalized spacial score (nSPS) is 17.4. The molecule has 0 saturated heterocycles. The summed E-state index contributed by atoms with van der Waals surface area (Å²) in [6.45, 7) is 20.7. The second-order valence-electron chi connectivity index (χ2n) is 8.20. The maximum atomic E-state index is 12.8. The smallest absolute Gasteiger partial charge is 0.336 e. The average Bonchev–Trinajstić information content (AvgIpc) is 2.54. The van der Waals surface area contributed by atoms with Gasteiger partial charge in [-0.05, 0) is 42.6 Å². The van der Waals surface area contributed by atoms with Crippen LogP contribution in [0.2, 0.25) is 16.6 Å². The first-order chi connectivity index (χ1) is 11.6. The number of allylic oxidation sites excluding steroid dienone is 1. The first-order valence-corrected chi connectivity index (χ1v) is 12.2. The van der Waals surface area contributed by atoms with Gasteiger partial charge in [-0.15, -0.1) is 0 Å². The Morgan fingerprint density at radius 3 is 1.88 bits per heavy atom. The summed E-state index contributed by atoms with van der Waals surface area (Å²) in [6, 6.07) is 0. The fraction of sp³-hybridized carbons (Fsp3) is 0.762. The van der Waals surface area contributed by atoms with E-state index in [-0.39, 0.29) is 11.4 Å². The molecule has 1 aliphatic heterocycles. The van der Waals surface area contributed by atoms with Crippen LogP contribution in [0.25, 0.3) is 0 Å². The molecule has 1 heterocycles. The lowest BCUT2D eigenvalue weighted by Gasteiger charge is -2.51. The molecule has 1 aliphatic rings. The molecule has 25 heavy (non-hydrogen) atoms. The molecular formula is C21H39NO2Si. The Hall–Kier alpha value is -1.03. The van der Waals surface area contributed by atoms with Crippen molar-refractivity contribution in [3.63, 3.8) is 0 Å². The fourth-order valence-corrected chi connectivity index (χ4v) is 11.6. The Morgan fingerprint density at radius 2 is 1.52 bits per heavy atom. The zero-order chi connectivity index (χ0) is 19.4. The molecule has 4 heteroatoms. The predicted octanol–water partition coefficient (Wildman–Crippen LogP) is 6.24. The van der Waals surface area contributed by atoms with Crippen molar-refractivity contribution in [3.8, 4) is 0 Å². The minimum atomic E-state index is -1.86. The molecule has 0 bridgehead atoms. The van der Waals surface area contributed by atoms with Crippen molar-refractivity contribution < 1.29 is 9.53 Å². The molecular weight excluding hydrogens is 326 g/mol. The first kappa shape index (κ1) is 22.0. The van der Waals surface area contributed by atoms with E-state index >= 15 is 0 Å². The maximum Gasteiger partial charge on any atom is 0.336 e. The van der Waals surface area contributed by atoms with E-state index in [0.717, 1.165) is 18.4 Å². The molecule has 3 nitrogen and oxygen atoms in total. The van der Waals surface area contributed by atoms with Crippen molar-refractivity contribution in [2.75, 3.05) is 6.61 Å². The Labute approximate surface area is 156 Å². The maximum absolute atomic E-state index is 12.8. The zero-order valence-electron chi connectivity index (χ0n) is 17.8. The predicted molar refractivity (Wildman–Crippen MR) is 110 cm³/mol. The molecule has 144 valence electrons. The van der Waals surface area contributed by atoms with Gasteiger partial charge in [-0.25, -0.2) is 4.79 Å². The Balaban J connectivity index is 3.54. The third kappa shape index (κ3) is 3.74. The molecule has 0 aromatic heterocycles. The van der Waals surface area contributed by atoms with Gasteiger partial charge in [-0.3, -0.25) is 0 Å². The van der Waals surface area contributed by atoms with Crippen LogP contribution in [0.5, 0.6) is 0 Å². The Morgan fingerprint density at radius 1 is 1.04 bits per heavy atom. The summed E-state index contributed by atoms with van der Waals surface area (Å²) in [6.07, 6.45) is 8.53. The van der Waals surface area contributed by atoms with Crippen LogP contribution in [-0.2, 0) is 9.53 Å². The van der Waals surface area contributed by atoms with Crippen LogP contribution < -0.4 is 0 Å². The van der Waals surface area contributed by atoms with Crippen LogP contribution in [-0.4, -0.2) is 25.4 Å². The minimum Gasteiger partial charge on any atom is -0.463 e. The van der Waals surface area contributed by atoms with Crippen LogP contribution in [0.1, 0.15) is 75.2 Å². The van der Waals surface area contributed by atoms with E-state index < -0.39 is 8.24 Å². The number of esters is 1. The Bertz CT molecular complexity index is 494. The van der Waals surface area contributed by atoms with Gasteiger partial charge in [0.1, 0.15) is 0 Å². The quantitative estimate of drug-likeness (QED) is 0.376. The monoisotopic (exact) mass is 365 g/mol. The number of rotatable bonds is 8. The molecule has 0 aromatic rings. The van der Waals surface area contributed by atoms with Crippen molar-refractivity contribution in [2.24, 2.45) is 5.41 Å². The summed E-state index contributed by atoms with van der Waals surface area (Å²) in [5.41, 5.74) is 2.40. The highest BCUT2D eigenvalue weighted by Crippen LogP contribution is 2.48. The molecule has 0 atom stereocenters. The zero-order valence-corrected chi connectivity index (χ0v) is 18.8. The molecule has 0 N–H and O–H groups in total.